The van der Waals surface area contributed by atoms with Gasteiger partial charge in [-0.15, -0.1) is 0 Å². The van der Waals surface area contributed by atoms with Crippen molar-refractivity contribution in [1.29, 1.82) is 0 Å². The molecule has 0 saturated carbocycles. The first-order chi connectivity index (χ1) is 8.45. The van der Waals surface area contributed by atoms with Gasteiger partial charge in [0.25, 0.3) is 5.91 Å². The molecule has 1 aromatic carbocycles. The molecule has 100 valence electrons. The number of carbonyl (C=O) groups is 1. The molecule has 3 nitrogen and oxygen atoms in total. The van der Waals surface area contributed by atoms with Crippen LogP contribution in [0.4, 0.5) is 5.69 Å². The molecular weight excluding hydrogens is 224 g/mol. The highest BCUT2D eigenvalue weighted by Crippen LogP contribution is 2.15. The van der Waals surface area contributed by atoms with E-state index >= 15 is 0 Å². The molecule has 1 rings (SSSR count). The van der Waals surface area contributed by atoms with Gasteiger partial charge in [0, 0.05) is 31.4 Å². The second-order valence-electron chi connectivity index (χ2n) is 5.22. The lowest BCUT2D eigenvalue weighted by Crippen LogP contribution is -2.35. The number of nitrogens with zero attached hydrogens (tertiary/aromatic N) is 1. The van der Waals surface area contributed by atoms with Crippen LogP contribution < -0.4 is 5.32 Å². The van der Waals surface area contributed by atoms with E-state index in [0.717, 1.165) is 17.7 Å². The van der Waals surface area contributed by atoms with Gasteiger partial charge >= 0.3 is 0 Å². The second kappa shape index (κ2) is 6.43. The predicted molar refractivity (Wildman–Crippen MR) is 77.0 cm³/mol. The minimum Gasteiger partial charge on any atom is -0.388 e. The van der Waals surface area contributed by atoms with Crippen molar-refractivity contribution in [2.75, 3.05) is 19.4 Å². The minimum absolute atomic E-state index is 0.0887. The van der Waals surface area contributed by atoms with Gasteiger partial charge in [-0.1, -0.05) is 13.8 Å². The normalized spacial score (nSPS) is 12.3. The molecule has 18 heavy (non-hydrogen) atoms. The van der Waals surface area contributed by atoms with Crippen molar-refractivity contribution in [3.8, 4) is 0 Å². The van der Waals surface area contributed by atoms with Crippen molar-refractivity contribution in [2.24, 2.45) is 5.92 Å². The van der Waals surface area contributed by atoms with Crippen molar-refractivity contribution < 1.29 is 4.79 Å². The van der Waals surface area contributed by atoms with E-state index in [1.165, 1.54) is 0 Å². The zero-order chi connectivity index (χ0) is 13.7. The van der Waals surface area contributed by atoms with Crippen LogP contribution in [0.2, 0.25) is 0 Å². The lowest BCUT2D eigenvalue weighted by atomic mass is 10.0. The van der Waals surface area contributed by atoms with Crippen LogP contribution in [0.25, 0.3) is 0 Å². The van der Waals surface area contributed by atoms with Gasteiger partial charge in [-0.25, -0.2) is 0 Å². The fourth-order valence-corrected chi connectivity index (χ4v) is 2.02. The Bertz CT molecular complexity index is 384. The molecule has 0 fully saturated rings. The van der Waals surface area contributed by atoms with Gasteiger partial charge in [-0.05, 0) is 43.5 Å². The number of benzene rings is 1. The Hall–Kier alpha value is -1.51. The van der Waals surface area contributed by atoms with E-state index in [1.54, 1.807) is 0 Å². The Labute approximate surface area is 110 Å². The van der Waals surface area contributed by atoms with E-state index in [1.807, 2.05) is 43.3 Å². The summed E-state index contributed by atoms with van der Waals surface area (Å²) in [5.74, 6) is 0.688. The highest BCUT2D eigenvalue weighted by molar-refractivity contribution is 5.94. The fraction of sp³-hybridized carbons (Fsp3) is 0.533. The van der Waals surface area contributed by atoms with Crippen molar-refractivity contribution in [2.45, 2.75) is 33.2 Å². The van der Waals surface area contributed by atoms with Gasteiger partial charge in [-0.2, -0.15) is 0 Å². The average Bonchev–Trinajstić information content (AvgIpc) is 2.36. The quantitative estimate of drug-likeness (QED) is 0.867. The Balaban J connectivity index is 2.73. The lowest BCUT2D eigenvalue weighted by molar-refractivity contribution is 0.0728. The summed E-state index contributed by atoms with van der Waals surface area (Å²) in [5, 5.41) is 3.05. The number of hydrogen-bond donors (Lipinski definition) is 1. The van der Waals surface area contributed by atoms with Crippen molar-refractivity contribution in [3.63, 3.8) is 0 Å². The molecule has 3 heteroatoms. The molecule has 0 radical (unpaired) electrons. The van der Waals surface area contributed by atoms with Gasteiger partial charge < -0.3 is 10.2 Å². The van der Waals surface area contributed by atoms with Crippen LogP contribution in [0, 0.1) is 5.92 Å². The minimum atomic E-state index is 0.0887. The SMILES string of the molecule is CNc1ccc(C(=O)N(C)C(C)CC(C)C)cc1. The topological polar surface area (TPSA) is 32.3 Å². The maximum absolute atomic E-state index is 12.3. The van der Waals surface area contributed by atoms with E-state index in [9.17, 15) is 4.79 Å². The summed E-state index contributed by atoms with van der Waals surface area (Å²) >= 11 is 0. The first-order valence-electron chi connectivity index (χ1n) is 6.50. The molecule has 0 aromatic heterocycles. The summed E-state index contributed by atoms with van der Waals surface area (Å²) in [7, 11) is 3.75. The second-order valence-corrected chi connectivity index (χ2v) is 5.22. The number of carbonyl (C=O) groups excluding carboxylic acids is 1. The van der Waals surface area contributed by atoms with E-state index in [2.05, 4.69) is 26.1 Å². The molecule has 0 saturated heterocycles. The molecule has 1 aromatic rings. The van der Waals surface area contributed by atoms with E-state index in [0.29, 0.717) is 5.92 Å². The van der Waals surface area contributed by atoms with Gasteiger partial charge in [0.1, 0.15) is 0 Å². The number of nitrogens with one attached hydrogen (secondary N) is 1. The molecule has 0 aliphatic rings. The first kappa shape index (κ1) is 14.6. The predicted octanol–water partition coefficient (Wildman–Crippen LogP) is 3.23. The Morgan fingerprint density at radius 1 is 1.22 bits per heavy atom. The molecule has 0 bridgehead atoms. The average molecular weight is 248 g/mol. The highest BCUT2D eigenvalue weighted by Gasteiger charge is 2.18. The molecule has 0 heterocycles. The molecule has 1 N–H and O–H groups in total. The smallest absolute Gasteiger partial charge is 0.253 e. The Kier molecular flexibility index (Phi) is 5.20. The number of amides is 1. The van der Waals surface area contributed by atoms with E-state index in [-0.39, 0.29) is 11.9 Å². The fourth-order valence-electron chi connectivity index (χ4n) is 2.02. The molecule has 0 aliphatic carbocycles. The zero-order valence-corrected chi connectivity index (χ0v) is 12.0. The summed E-state index contributed by atoms with van der Waals surface area (Å²) in [6.07, 6.45) is 1.02. The third-order valence-electron chi connectivity index (χ3n) is 3.21. The lowest BCUT2D eigenvalue weighted by Gasteiger charge is -2.26. The molecule has 0 aliphatic heterocycles. The number of anilines is 1. The van der Waals surface area contributed by atoms with Crippen molar-refractivity contribution in [3.05, 3.63) is 29.8 Å². The monoisotopic (exact) mass is 248 g/mol. The standard InChI is InChI=1S/C15H24N2O/c1-11(2)10-12(3)17(5)15(18)13-6-8-14(16-4)9-7-13/h6-9,11-12,16H,10H2,1-5H3. The molecule has 0 spiro atoms. The molecule has 1 unspecified atom stereocenters. The largest absolute Gasteiger partial charge is 0.388 e. The maximum Gasteiger partial charge on any atom is 0.253 e. The maximum atomic E-state index is 12.3. The summed E-state index contributed by atoms with van der Waals surface area (Å²) < 4.78 is 0. The van der Waals surface area contributed by atoms with Crippen LogP contribution in [0.3, 0.4) is 0 Å². The first-order valence-corrected chi connectivity index (χ1v) is 6.50. The van der Waals surface area contributed by atoms with E-state index < -0.39 is 0 Å². The van der Waals surface area contributed by atoms with Crippen LogP contribution in [0.1, 0.15) is 37.6 Å². The zero-order valence-electron chi connectivity index (χ0n) is 12.0. The van der Waals surface area contributed by atoms with Crippen LogP contribution in [0.5, 0.6) is 0 Å². The van der Waals surface area contributed by atoms with E-state index in [4.69, 9.17) is 0 Å². The van der Waals surface area contributed by atoms with Crippen molar-refractivity contribution in [1.82, 2.24) is 4.90 Å². The van der Waals surface area contributed by atoms with Gasteiger partial charge in [-0.3, -0.25) is 4.79 Å². The Morgan fingerprint density at radius 2 is 1.78 bits per heavy atom. The molecular formula is C15H24N2O. The highest BCUT2D eigenvalue weighted by atomic mass is 16.2. The van der Waals surface area contributed by atoms with Crippen molar-refractivity contribution >= 4 is 11.6 Å². The van der Waals surface area contributed by atoms with Crippen LogP contribution in [-0.2, 0) is 0 Å². The number of hydrogen-bond acceptors (Lipinski definition) is 2. The number of rotatable bonds is 5. The van der Waals surface area contributed by atoms with Crippen LogP contribution >= 0.6 is 0 Å². The summed E-state index contributed by atoms with van der Waals surface area (Å²) in [5.41, 5.74) is 1.76. The van der Waals surface area contributed by atoms with Crippen LogP contribution in [-0.4, -0.2) is 30.9 Å². The van der Waals surface area contributed by atoms with Crippen LogP contribution in [0.15, 0.2) is 24.3 Å². The third-order valence-corrected chi connectivity index (χ3v) is 3.21. The van der Waals surface area contributed by atoms with Gasteiger partial charge in [0.15, 0.2) is 0 Å². The summed E-state index contributed by atoms with van der Waals surface area (Å²) in [6.45, 7) is 6.45. The Morgan fingerprint density at radius 3 is 2.22 bits per heavy atom. The molecule has 1 atom stereocenters. The summed E-state index contributed by atoms with van der Waals surface area (Å²) in [4.78, 5) is 14.1. The molecule has 1 amide bonds. The van der Waals surface area contributed by atoms with Gasteiger partial charge in [0.2, 0.25) is 0 Å². The van der Waals surface area contributed by atoms with Gasteiger partial charge in [0.05, 0.1) is 0 Å². The third kappa shape index (κ3) is 3.76. The summed E-state index contributed by atoms with van der Waals surface area (Å²) in [6, 6.07) is 7.85.